The Morgan fingerprint density at radius 2 is 1.65 bits per heavy atom. The van der Waals surface area contributed by atoms with Crippen LogP contribution in [0.25, 0.3) is 11.3 Å². The van der Waals surface area contributed by atoms with Gasteiger partial charge in [-0.25, -0.2) is 9.97 Å². The number of hydrogen-bond acceptors (Lipinski definition) is 6. The number of carbonyl (C=O) groups excluding carboxylic acids is 2. The van der Waals surface area contributed by atoms with Crippen molar-refractivity contribution in [1.29, 1.82) is 0 Å². The van der Waals surface area contributed by atoms with Gasteiger partial charge in [0.2, 0.25) is 0 Å². The molecule has 4 rings (SSSR count). The van der Waals surface area contributed by atoms with Crippen molar-refractivity contribution in [3.63, 3.8) is 0 Å². The Labute approximate surface area is 181 Å². The molecule has 1 aliphatic rings. The third-order valence-electron chi connectivity index (χ3n) is 5.30. The Balaban J connectivity index is 1.30. The Hall–Kier alpha value is -3.74. The van der Waals surface area contributed by atoms with Crippen molar-refractivity contribution < 1.29 is 14.3 Å². The quantitative estimate of drug-likeness (QED) is 0.575. The summed E-state index contributed by atoms with van der Waals surface area (Å²) in [6.07, 6.45) is 1.58. The van der Waals surface area contributed by atoms with Crippen LogP contribution in [-0.2, 0) is 4.79 Å². The number of nitrogens with zero attached hydrogens (tertiary/aromatic N) is 4. The topological polar surface area (TPSA) is 75.6 Å². The summed E-state index contributed by atoms with van der Waals surface area (Å²) in [6.45, 7) is 4.11. The standard InChI is InChI=1S/C24H24N4O3/c1-18(29)19-7-9-21(10-8-19)31-16-24(30)28-13-11-27(12-14-28)23-15-22(25-17-26-23)20-5-3-2-4-6-20/h2-10,15,17H,11-14,16H2,1H3. The van der Waals surface area contributed by atoms with Gasteiger partial charge in [0.15, 0.2) is 12.4 Å². The van der Waals surface area contributed by atoms with Crippen molar-refractivity contribution in [2.24, 2.45) is 0 Å². The van der Waals surface area contributed by atoms with Gasteiger partial charge >= 0.3 is 0 Å². The fourth-order valence-electron chi connectivity index (χ4n) is 3.49. The highest BCUT2D eigenvalue weighted by molar-refractivity contribution is 5.94. The lowest BCUT2D eigenvalue weighted by Crippen LogP contribution is -2.50. The molecule has 7 heteroatoms. The second-order valence-electron chi connectivity index (χ2n) is 7.36. The zero-order valence-corrected chi connectivity index (χ0v) is 17.4. The smallest absolute Gasteiger partial charge is 0.260 e. The highest BCUT2D eigenvalue weighted by atomic mass is 16.5. The van der Waals surface area contributed by atoms with Crippen molar-refractivity contribution in [3.8, 4) is 17.0 Å². The van der Waals surface area contributed by atoms with Gasteiger partial charge in [0.25, 0.3) is 5.91 Å². The van der Waals surface area contributed by atoms with E-state index in [9.17, 15) is 9.59 Å². The number of aromatic nitrogens is 2. The highest BCUT2D eigenvalue weighted by Crippen LogP contribution is 2.21. The van der Waals surface area contributed by atoms with E-state index in [1.165, 1.54) is 6.92 Å². The van der Waals surface area contributed by atoms with Crippen molar-refractivity contribution in [2.75, 3.05) is 37.7 Å². The largest absolute Gasteiger partial charge is 0.484 e. The zero-order chi connectivity index (χ0) is 21.6. The molecular weight excluding hydrogens is 392 g/mol. The normalized spacial score (nSPS) is 13.7. The Bertz CT molecular complexity index is 1050. The van der Waals surface area contributed by atoms with Crippen molar-refractivity contribution >= 4 is 17.5 Å². The third-order valence-corrected chi connectivity index (χ3v) is 5.30. The fourth-order valence-corrected chi connectivity index (χ4v) is 3.49. The first kappa shape index (κ1) is 20.5. The molecule has 0 atom stereocenters. The Kier molecular flexibility index (Phi) is 6.21. The van der Waals surface area contributed by atoms with Gasteiger partial charge in [0, 0.05) is 43.4 Å². The van der Waals surface area contributed by atoms with Gasteiger partial charge < -0.3 is 14.5 Å². The van der Waals surface area contributed by atoms with Gasteiger partial charge in [-0.3, -0.25) is 9.59 Å². The first-order chi connectivity index (χ1) is 15.1. The van der Waals surface area contributed by atoms with Crippen LogP contribution >= 0.6 is 0 Å². The minimum absolute atomic E-state index is 0.0000682. The number of amides is 1. The van der Waals surface area contributed by atoms with Crippen LogP contribution < -0.4 is 9.64 Å². The second kappa shape index (κ2) is 9.38. The summed E-state index contributed by atoms with van der Waals surface area (Å²) >= 11 is 0. The number of carbonyl (C=O) groups is 2. The van der Waals surface area contributed by atoms with Crippen molar-refractivity contribution in [3.05, 3.63) is 72.6 Å². The summed E-state index contributed by atoms with van der Waals surface area (Å²) in [6, 6.07) is 18.8. The van der Waals surface area contributed by atoms with Crippen LogP contribution in [0.3, 0.4) is 0 Å². The van der Waals surface area contributed by atoms with E-state index in [0.717, 1.165) is 17.1 Å². The van der Waals surface area contributed by atoms with Crippen LogP contribution in [0.15, 0.2) is 67.0 Å². The van der Waals surface area contributed by atoms with E-state index in [-0.39, 0.29) is 18.3 Å². The van der Waals surface area contributed by atoms with Crippen LogP contribution in [0.4, 0.5) is 5.82 Å². The van der Waals surface area contributed by atoms with E-state index in [1.807, 2.05) is 36.4 Å². The van der Waals surface area contributed by atoms with Gasteiger partial charge in [-0.1, -0.05) is 30.3 Å². The molecule has 0 spiro atoms. The number of ether oxygens (including phenoxy) is 1. The summed E-state index contributed by atoms with van der Waals surface area (Å²) < 4.78 is 5.60. The lowest BCUT2D eigenvalue weighted by atomic mass is 10.1. The van der Waals surface area contributed by atoms with E-state index >= 15 is 0 Å². The number of benzene rings is 2. The molecule has 0 N–H and O–H groups in total. The van der Waals surface area contributed by atoms with E-state index < -0.39 is 0 Å². The van der Waals surface area contributed by atoms with Gasteiger partial charge in [-0.05, 0) is 31.2 Å². The summed E-state index contributed by atoms with van der Waals surface area (Å²) in [5.74, 6) is 1.39. The molecule has 7 nitrogen and oxygen atoms in total. The molecule has 1 amide bonds. The lowest BCUT2D eigenvalue weighted by Gasteiger charge is -2.35. The number of hydrogen-bond donors (Lipinski definition) is 0. The predicted molar refractivity (Wildman–Crippen MR) is 118 cm³/mol. The summed E-state index contributed by atoms with van der Waals surface area (Å²) in [5, 5.41) is 0. The van der Waals surface area contributed by atoms with E-state index in [4.69, 9.17) is 4.74 Å². The molecule has 1 saturated heterocycles. The maximum Gasteiger partial charge on any atom is 0.260 e. The molecule has 158 valence electrons. The minimum atomic E-state index is -0.0528. The highest BCUT2D eigenvalue weighted by Gasteiger charge is 2.22. The first-order valence-corrected chi connectivity index (χ1v) is 10.2. The molecule has 1 aliphatic heterocycles. The molecule has 31 heavy (non-hydrogen) atoms. The average molecular weight is 416 g/mol. The second-order valence-corrected chi connectivity index (χ2v) is 7.36. The molecule has 0 unspecified atom stereocenters. The number of ketones is 1. The predicted octanol–water partition coefficient (Wildman–Crippen LogP) is 3.07. The Morgan fingerprint density at radius 3 is 2.32 bits per heavy atom. The summed E-state index contributed by atoms with van der Waals surface area (Å²) in [5.41, 5.74) is 2.55. The molecular formula is C24H24N4O3. The molecule has 0 bridgehead atoms. The third kappa shape index (κ3) is 5.06. The maximum absolute atomic E-state index is 12.5. The molecule has 1 aromatic heterocycles. The fraction of sp³-hybridized carbons (Fsp3) is 0.250. The number of anilines is 1. The van der Waals surface area contributed by atoms with Crippen LogP contribution in [0.5, 0.6) is 5.75 Å². The average Bonchev–Trinajstić information content (AvgIpc) is 2.83. The Morgan fingerprint density at radius 1 is 0.935 bits per heavy atom. The number of piperazine rings is 1. The molecule has 2 heterocycles. The summed E-state index contributed by atoms with van der Waals surface area (Å²) in [4.78, 5) is 36.6. The molecule has 0 radical (unpaired) electrons. The van der Waals surface area contributed by atoms with Crippen molar-refractivity contribution in [1.82, 2.24) is 14.9 Å². The van der Waals surface area contributed by atoms with Gasteiger partial charge in [0.1, 0.15) is 17.9 Å². The molecule has 1 fully saturated rings. The van der Waals surface area contributed by atoms with Crippen molar-refractivity contribution in [2.45, 2.75) is 6.92 Å². The van der Waals surface area contributed by atoms with Crippen LogP contribution in [0.1, 0.15) is 17.3 Å². The van der Waals surface area contributed by atoms with Gasteiger partial charge in [-0.2, -0.15) is 0 Å². The van der Waals surface area contributed by atoms with E-state index in [2.05, 4.69) is 14.9 Å². The lowest BCUT2D eigenvalue weighted by molar-refractivity contribution is -0.133. The minimum Gasteiger partial charge on any atom is -0.484 e. The van der Waals surface area contributed by atoms with Gasteiger partial charge in [-0.15, -0.1) is 0 Å². The van der Waals surface area contributed by atoms with Crippen LogP contribution in [0, 0.1) is 0 Å². The van der Waals surface area contributed by atoms with E-state index in [1.54, 1.807) is 35.5 Å². The van der Waals surface area contributed by atoms with Gasteiger partial charge in [0.05, 0.1) is 5.69 Å². The first-order valence-electron chi connectivity index (χ1n) is 10.2. The van der Waals surface area contributed by atoms with Crippen LogP contribution in [0.2, 0.25) is 0 Å². The molecule has 3 aromatic rings. The molecule has 2 aromatic carbocycles. The number of rotatable bonds is 6. The summed E-state index contributed by atoms with van der Waals surface area (Å²) in [7, 11) is 0. The zero-order valence-electron chi connectivity index (χ0n) is 17.4. The molecule has 0 aliphatic carbocycles. The van der Waals surface area contributed by atoms with Crippen LogP contribution in [-0.4, -0.2) is 59.3 Å². The van der Waals surface area contributed by atoms with E-state index in [0.29, 0.717) is 37.5 Å². The molecule has 0 saturated carbocycles. The maximum atomic E-state index is 12.5. The number of Topliss-reactive ketones (excluding diaryl/α,β-unsaturated/α-hetero) is 1. The SMILES string of the molecule is CC(=O)c1ccc(OCC(=O)N2CCN(c3cc(-c4ccccc4)ncn3)CC2)cc1. The monoisotopic (exact) mass is 416 g/mol.